The molecule has 0 heterocycles. The largest absolute Gasteiger partial charge is 0.496 e. The van der Waals surface area contributed by atoms with Gasteiger partial charge in [-0.3, -0.25) is 4.99 Å². The van der Waals surface area contributed by atoms with E-state index in [0.717, 1.165) is 31.4 Å². The van der Waals surface area contributed by atoms with Crippen LogP contribution in [0.25, 0.3) is 0 Å². The van der Waals surface area contributed by atoms with Crippen LogP contribution in [-0.2, 0) is 4.74 Å². The second-order valence-corrected chi connectivity index (χ2v) is 4.72. The Morgan fingerprint density at radius 1 is 1.27 bits per heavy atom. The first-order valence-corrected chi connectivity index (χ1v) is 7.38. The number of rotatable bonds is 8. The van der Waals surface area contributed by atoms with Crippen molar-refractivity contribution in [3.8, 4) is 5.75 Å². The summed E-state index contributed by atoms with van der Waals surface area (Å²) in [6, 6.07) is 8.09. The predicted molar refractivity (Wildman–Crippen MR) is 103 cm³/mol. The quantitative estimate of drug-likeness (QED) is 0.293. The van der Waals surface area contributed by atoms with Crippen molar-refractivity contribution in [1.82, 2.24) is 10.6 Å². The molecule has 22 heavy (non-hydrogen) atoms. The average Bonchev–Trinajstić information content (AvgIpc) is 2.53. The Balaban J connectivity index is 0.00000441. The zero-order valence-electron chi connectivity index (χ0n) is 13.9. The second-order valence-electron chi connectivity index (χ2n) is 4.72. The fourth-order valence-electron chi connectivity index (χ4n) is 2.04. The molecule has 0 amide bonds. The molecule has 0 aliphatic rings. The van der Waals surface area contributed by atoms with E-state index in [1.165, 1.54) is 5.56 Å². The number of ether oxygens (including phenoxy) is 2. The number of methoxy groups -OCH3 is 1. The van der Waals surface area contributed by atoms with Crippen molar-refractivity contribution >= 4 is 29.9 Å². The van der Waals surface area contributed by atoms with Crippen molar-refractivity contribution in [2.75, 3.05) is 40.5 Å². The topological polar surface area (TPSA) is 54.9 Å². The van der Waals surface area contributed by atoms with E-state index in [4.69, 9.17) is 9.47 Å². The van der Waals surface area contributed by atoms with Gasteiger partial charge >= 0.3 is 0 Å². The Bertz CT molecular complexity index is 441. The van der Waals surface area contributed by atoms with Gasteiger partial charge in [0.25, 0.3) is 0 Å². The average molecular weight is 421 g/mol. The number of nitrogens with zero attached hydrogens (tertiary/aromatic N) is 1. The minimum atomic E-state index is 0. The maximum absolute atomic E-state index is 5.40. The summed E-state index contributed by atoms with van der Waals surface area (Å²) in [6.07, 6.45) is 0. The van der Waals surface area contributed by atoms with Gasteiger partial charge in [-0.2, -0.15) is 0 Å². The van der Waals surface area contributed by atoms with Crippen molar-refractivity contribution in [2.24, 2.45) is 4.99 Å². The predicted octanol–water partition coefficient (Wildman–Crippen LogP) is 2.62. The van der Waals surface area contributed by atoms with E-state index in [1.807, 2.05) is 25.1 Å². The van der Waals surface area contributed by atoms with Crippen LogP contribution in [0.4, 0.5) is 0 Å². The highest BCUT2D eigenvalue weighted by Crippen LogP contribution is 2.25. The van der Waals surface area contributed by atoms with E-state index >= 15 is 0 Å². The van der Waals surface area contributed by atoms with Crippen LogP contribution in [0.2, 0.25) is 0 Å². The SMILES string of the molecule is CCOCCNC(=NC)NCC(C)c1ccccc1OC.I. The fraction of sp³-hybridized carbons (Fsp3) is 0.562. The van der Waals surface area contributed by atoms with Crippen molar-refractivity contribution in [2.45, 2.75) is 19.8 Å². The first-order chi connectivity index (χ1) is 10.2. The molecule has 0 aliphatic carbocycles. The van der Waals surface area contributed by atoms with Gasteiger partial charge in [-0.1, -0.05) is 25.1 Å². The number of benzene rings is 1. The van der Waals surface area contributed by atoms with Crippen LogP contribution in [-0.4, -0.2) is 46.4 Å². The van der Waals surface area contributed by atoms with E-state index in [2.05, 4.69) is 28.6 Å². The van der Waals surface area contributed by atoms with Crippen LogP contribution >= 0.6 is 24.0 Å². The van der Waals surface area contributed by atoms with Crippen LogP contribution in [0.3, 0.4) is 0 Å². The molecule has 1 unspecified atom stereocenters. The Labute approximate surface area is 150 Å². The molecule has 0 bridgehead atoms. The van der Waals surface area contributed by atoms with Crippen molar-refractivity contribution in [1.29, 1.82) is 0 Å². The lowest BCUT2D eigenvalue weighted by Crippen LogP contribution is -2.40. The van der Waals surface area contributed by atoms with Gasteiger partial charge in [0.05, 0.1) is 13.7 Å². The van der Waals surface area contributed by atoms with E-state index < -0.39 is 0 Å². The number of halogens is 1. The lowest BCUT2D eigenvalue weighted by atomic mass is 10.0. The lowest BCUT2D eigenvalue weighted by molar-refractivity contribution is 0.152. The molecule has 5 nitrogen and oxygen atoms in total. The summed E-state index contributed by atoms with van der Waals surface area (Å²) in [5, 5.41) is 6.55. The fourth-order valence-corrected chi connectivity index (χ4v) is 2.04. The minimum absolute atomic E-state index is 0. The lowest BCUT2D eigenvalue weighted by Gasteiger charge is -2.18. The number of hydrogen-bond donors (Lipinski definition) is 2. The minimum Gasteiger partial charge on any atom is -0.496 e. The van der Waals surface area contributed by atoms with Gasteiger partial charge in [0, 0.05) is 32.7 Å². The Hall–Kier alpha value is -1.02. The summed E-state index contributed by atoms with van der Waals surface area (Å²) in [5.74, 6) is 2.04. The highest BCUT2D eigenvalue weighted by molar-refractivity contribution is 14.0. The molecule has 126 valence electrons. The van der Waals surface area contributed by atoms with Gasteiger partial charge in [0.2, 0.25) is 0 Å². The number of para-hydroxylation sites is 1. The summed E-state index contributed by atoms with van der Waals surface area (Å²) in [6.45, 7) is 7.10. The van der Waals surface area contributed by atoms with Gasteiger partial charge in [-0.05, 0) is 18.6 Å². The molecule has 0 radical (unpaired) electrons. The van der Waals surface area contributed by atoms with Crippen LogP contribution in [0, 0.1) is 0 Å². The number of hydrogen-bond acceptors (Lipinski definition) is 3. The summed E-state index contributed by atoms with van der Waals surface area (Å²) < 4.78 is 10.7. The number of guanidine groups is 1. The zero-order chi connectivity index (χ0) is 15.5. The third-order valence-electron chi connectivity index (χ3n) is 3.21. The Morgan fingerprint density at radius 2 is 2.00 bits per heavy atom. The maximum atomic E-state index is 5.40. The summed E-state index contributed by atoms with van der Waals surface area (Å²) >= 11 is 0. The molecule has 0 aliphatic heterocycles. The standard InChI is InChI=1S/C16H27N3O2.HI/c1-5-21-11-10-18-16(17-3)19-12-13(2)14-8-6-7-9-15(14)20-4;/h6-9,13H,5,10-12H2,1-4H3,(H2,17,18,19);1H. The molecule has 1 rings (SSSR count). The molecule has 0 saturated heterocycles. The maximum Gasteiger partial charge on any atom is 0.191 e. The number of nitrogens with one attached hydrogen (secondary N) is 2. The summed E-state index contributed by atoms with van der Waals surface area (Å²) in [7, 11) is 3.47. The van der Waals surface area contributed by atoms with Crippen molar-refractivity contribution in [3.63, 3.8) is 0 Å². The van der Waals surface area contributed by atoms with Crippen LogP contribution in [0.5, 0.6) is 5.75 Å². The van der Waals surface area contributed by atoms with E-state index in [9.17, 15) is 0 Å². The molecule has 1 atom stereocenters. The molecular formula is C16H28IN3O2. The second kappa shape index (κ2) is 12.5. The molecular weight excluding hydrogens is 393 g/mol. The molecule has 2 N–H and O–H groups in total. The number of aliphatic imine (C=N–C) groups is 1. The van der Waals surface area contributed by atoms with Crippen LogP contribution in [0.15, 0.2) is 29.3 Å². The van der Waals surface area contributed by atoms with E-state index in [1.54, 1.807) is 14.2 Å². The smallest absolute Gasteiger partial charge is 0.191 e. The van der Waals surface area contributed by atoms with Crippen LogP contribution < -0.4 is 15.4 Å². The third-order valence-corrected chi connectivity index (χ3v) is 3.21. The van der Waals surface area contributed by atoms with E-state index in [0.29, 0.717) is 12.5 Å². The first kappa shape index (κ1) is 21.0. The van der Waals surface area contributed by atoms with Gasteiger partial charge < -0.3 is 20.1 Å². The highest BCUT2D eigenvalue weighted by atomic mass is 127. The molecule has 0 fully saturated rings. The molecule has 1 aromatic rings. The molecule has 6 heteroatoms. The van der Waals surface area contributed by atoms with Gasteiger partial charge in [-0.15, -0.1) is 24.0 Å². The Kier molecular flexibility index (Phi) is 11.9. The molecule has 0 aromatic heterocycles. The summed E-state index contributed by atoms with van der Waals surface area (Å²) in [5.41, 5.74) is 1.19. The third kappa shape index (κ3) is 7.31. The zero-order valence-corrected chi connectivity index (χ0v) is 16.2. The normalized spacial score (nSPS) is 12.3. The molecule has 0 saturated carbocycles. The van der Waals surface area contributed by atoms with Crippen molar-refractivity contribution < 1.29 is 9.47 Å². The van der Waals surface area contributed by atoms with Gasteiger partial charge in [0.15, 0.2) is 5.96 Å². The molecule has 1 aromatic carbocycles. The van der Waals surface area contributed by atoms with Gasteiger partial charge in [-0.25, -0.2) is 0 Å². The first-order valence-electron chi connectivity index (χ1n) is 7.38. The summed E-state index contributed by atoms with van der Waals surface area (Å²) in [4.78, 5) is 4.20. The highest BCUT2D eigenvalue weighted by Gasteiger charge is 2.11. The molecule has 0 spiro atoms. The van der Waals surface area contributed by atoms with Crippen molar-refractivity contribution in [3.05, 3.63) is 29.8 Å². The Morgan fingerprint density at radius 3 is 2.64 bits per heavy atom. The monoisotopic (exact) mass is 421 g/mol. The van der Waals surface area contributed by atoms with Crippen LogP contribution in [0.1, 0.15) is 25.3 Å². The van der Waals surface area contributed by atoms with Gasteiger partial charge in [0.1, 0.15) is 5.75 Å². The van der Waals surface area contributed by atoms with E-state index in [-0.39, 0.29) is 24.0 Å².